The van der Waals surface area contributed by atoms with Gasteiger partial charge in [-0.05, 0) is 42.3 Å². The highest BCUT2D eigenvalue weighted by Crippen LogP contribution is 2.39. The maximum absolute atomic E-state index is 13.1. The van der Waals surface area contributed by atoms with E-state index < -0.39 is 5.25 Å². The van der Waals surface area contributed by atoms with E-state index in [0.717, 1.165) is 22.4 Å². The molecule has 0 saturated carbocycles. The van der Waals surface area contributed by atoms with E-state index >= 15 is 0 Å². The predicted octanol–water partition coefficient (Wildman–Crippen LogP) is 5.21. The largest absolute Gasteiger partial charge is 0.348 e. The number of hydrogen-bond donors (Lipinski definition) is 0. The molecule has 4 rings (SSSR count). The number of aromatic nitrogens is 4. The fourth-order valence-corrected chi connectivity index (χ4v) is 4.68. The summed E-state index contributed by atoms with van der Waals surface area (Å²) >= 11 is 7.81. The Morgan fingerprint density at radius 1 is 1.00 bits per heavy atom. The maximum atomic E-state index is 13.1. The molecule has 0 aliphatic rings. The van der Waals surface area contributed by atoms with Crippen molar-refractivity contribution < 1.29 is 4.79 Å². The summed E-state index contributed by atoms with van der Waals surface area (Å²) in [6.45, 7) is 1.96. The molecule has 0 N–H and O–H groups in total. The Labute approximate surface area is 196 Å². The van der Waals surface area contributed by atoms with Crippen molar-refractivity contribution in [3.8, 4) is 17.1 Å². The molecule has 0 bridgehead atoms. The molecule has 1 amide bonds. The molecule has 4 aromatic rings. The van der Waals surface area contributed by atoms with Gasteiger partial charge in [0.05, 0.1) is 5.69 Å². The summed E-state index contributed by atoms with van der Waals surface area (Å²) in [5.41, 5.74) is 3.54. The molecule has 162 valence electrons. The number of hydrogen-bond acceptors (Lipinski definition) is 5. The Morgan fingerprint density at radius 3 is 2.41 bits per heavy atom. The number of thioether (sulfide) groups is 1. The van der Waals surface area contributed by atoms with Gasteiger partial charge in [-0.2, -0.15) is 0 Å². The lowest BCUT2D eigenvalue weighted by Crippen LogP contribution is -2.27. The Bertz CT molecular complexity index is 1230. The topological polar surface area (TPSA) is 63.9 Å². The first-order valence-electron chi connectivity index (χ1n) is 10.0. The van der Waals surface area contributed by atoms with E-state index in [2.05, 4.69) is 15.2 Å². The average molecular weight is 464 g/mol. The van der Waals surface area contributed by atoms with Gasteiger partial charge in [-0.15, -0.1) is 10.2 Å². The van der Waals surface area contributed by atoms with E-state index in [-0.39, 0.29) is 5.91 Å². The van der Waals surface area contributed by atoms with Gasteiger partial charge < -0.3 is 4.90 Å². The normalized spacial score (nSPS) is 11.9. The van der Waals surface area contributed by atoms with Gasteiger partial charge in [0, 0.05) is 37.1 Å². The molecule has 2 heterocycles. The minimum Gasteiger partial charge on any atom is -0.348 e. The number of carbonyl (C=O) groups is 1. The van der Waals surface area contributed by atoms with Crippen LogP contribution < -0.4 is 0 Å². The van der Waals surface area contributed by atoms with Crippen LogP contribution in [0.3, 0.4) is 0 Å². The number of amides is 1. The highest BCUT2D eigenvalue weighted by molar-refractivity contribution is 8.00. The van der Waals surface area contributed by atoms with Gasteiger partial charge >= 0.3 is 0 Å². The lowest BCUT2D eigenvalue weighted by Gasteiger charge is -2.21. The van der Waals surface area contributed by atoms with Gasteiger partial charge in [0.1, 0.15) is 5.25 Å². The number of rotatable bonds is 6. The molecule has 0 spiro atoms. The van der Waals surface area contributed by atoms with Gasteiger partial charge in [0.15, 0.2) is 11.0 Å². The van der Waals surface area contributed by atoms with E-state index in [4.69, 9.17) is 11.6 Å². The second-order valence-corrected chi connectivity index (χ2v) is 8.88. The molecule has 0 fully saturated rings. The molecule has 0 radical (unpaired) electrons. The molecule has 1 atom stereocenters. The first-order valence-corrected chi connectivity index (χ1v) is 11.3. The minimum atomic E-state index is -0.473. The van der Waals surface area contributed by atoms with Gasteiger partial charge in [0.25, 0.3) is 0 Å². The quantitative estimate of drug-likeness (QED) is 0.367. The summed E-state index contributed by atoms with van der Waals surface area (Å²) in [6, 6.07) is 19.2. The third-order valence-corrected chi connectivity index (χ3v) is 6.64. The fourth-order valence-electron chi connectivity index (χ4n) is 3.32. The standard InChI is InChI=1S/C24H22ClN5OS/c1-16-19(25)10-7-11-20(16)30-22(18-12-14-26-15-13-18)27-28-24(30)32-21(23(31)29(2)3)17-8-5-4-6-9-17/h4-15,21H,1-3H3. The number of pyridine rings is 1. The molecule has 1 unspecified atom stereocenters. The van der Waals surface area contributed by atoms with Crippen molar-refractivity contribution >= 4 is 29.3 Å². The highest BCUT2D eigenvalue weighted by Gasteiger charge is 2.28. The number of likely N-dealkylation sites (N-methyl/N-ethyl adjacent to an activating group) is 1. The van der Waals surface area contributed by atoms with Crippen LogP contribution in [0.25, 0.3) is 17.1 Å². The van der Waals surface area contributed by atoms with E-state index in [9.17, 15) is 4.79 Å². The van der Waals surface area contributed by atoms with Crippen LogP contribution in [-0.2, 0) is 4.79 Å². The minimum absolute atomic E-state index is 0.0240. The van der Waals surface area contributed by atoms with Gasteiger partial charge in [-0.3, -0.25) is 14.3 Å². The molecule has 0 aliphatic carbocycles. The summed E-state index contributed by atoms with van der Waals surface area (Å²) < 4.78 is 1.96. The smallest absolute Gasteiger partial charge is 0.240 e. The van der Waals surface area contributed by atoms with Crippen molar-refractivity contribution in [1.29, 1.82) is 0 Å². The van der Waals surface area contributed by atoms with Crippen molar-refractivity contribution in [2.45, 2.75) is 17.3 Å². The third kappa shape index (κ3) is 4.40. The van der Waals surface area contributed by atoms with Crippen LogP contribution >= 0.6 is 23.4 Å². The van der Waals surface area contributed by atoms with E-state index in [1.165, 1.54) is 11.8 Å². The molecular weight excluding hydrogens is 442 g/mol. The molecule has 2 aromatic heterocycles. The summed E-state index contributed by atoms with van der Waals surface area (Å²) in [7, 11) is 3.51. The van der Waals surface area contributed by atoms with Crippen molar-refractivity contribution in [2.24, 2.45) is 0 Å². The highest BCUT2D eigenvalue weighted by atomic mass is 35.5. The van der Waals surface area contributed by atoms with E-state index in [1.807, 2.05) is 72.2 Å². The van der Waals surface area contributed by atoms with Crippen LogP contribution in [0.2, 0.25) is 5.02 Å². The zero-order valence-corrected chi connectivity index (χ0v) is 19.5. The Balaban J connectivity index is 1.88. The monoisotopic (exact) mass is 463 g/mol. The van der Waals surface area contributed by atoms with Gasteiger partial charge in [-0.1, -0.05) is 59.8 Å². The van der Waals surface area contributed by atoms with Crippen LogP contribution in [0.1, 0.15) is 16.4 Å². The summed E-state index contributed by atoms with van der Waals surface area (Å²) in [6.07, 6.45) is 3.43. The first-order chi connectivity index (χ1) is 15.5. The molecule has 6 nitrogen and oxygen atoms in total. The van der Waals surface area contributed by atoms with E-state index in [1.54, 1.807) is 31.4 Å². The van der Waals surface area contributed by atoms with Crippen LogP contribution in [0, 0.1) is 6.92 Å². The Morgan fingerprint density at radius 2 is 1.72 bits per heavy atom. The number of carbonyl (C=O) groups excluding carboxylic acids is 1. The zero-order chi connectivity index (χ0) is 22.7. The van der Waals surface area contributed by atoms with Gasteiger partial charge in [-0.25, -0.2) is 0 Å². The van der Waals surface area contributed by atoms with Crippen molar-refractivity contribution in [2.75, 3.05) is 14.1 Å². The molecule has 32 heavy (non-hydrogen) atoms. The third-order valence-electron chi connectivity index (χ3n) is 5.04. The molecule has 0 aliphatic heterocycles. The molecule has 8 heteroatoms. The first kappa shape index (κ1) is 22.0. The average Bonchev–Trinajstić information content (AvgIpc) is 3.23. The van der Waals surface area contributed by atoms with Crippen LogP contribution in [0.5, 0.6) is 0 Å². The lowest BCUT2D eigenvalue weighted by molar-refractivity contribution is -0.128. The SMILES string of the molecule is Cc1c(Cl)cccc1-n1c(SC(C(=O)N(C)C)c2ccccc2)nnc1-c1ccncc1. The zero-order valence-electron chi connectivity index (χ0n) is 17.9. The number of benzene rings is 2. The predicted molar refractivity (Wildman–Crippen MR) is 128 cm³/mol. The fraction of sp³-hybridized carbons (Fsp3) is 0.167. The second-order valence-electron chi connectivity index (χ2n) is 7.40. The lowest BCUT2D eigenvalue weighted by atomic mass is 10.1. The molecule has 2 aromatic carbocycles. The maximum Gasteiger partial charge on any atom is 0.240 e. The second kappa shape index (κ2) is 9.54. The van der Waals surface area contributed by atoms with Gasteiger partial charge in [0.2, 0.25) is 5.91 Å². The molecule has 0 saturated heterocycles. The van der Waals surface area contributed by atoms with Crippen molar-refractivity contribution in [3.63, 3.8) is 0 Å². The van der Waals surface area contributed by atoms with Crippen LogP contribution in [0.15, 0.2) is 78.2 Å². The van der Waals surface area contributed by atoms with E-state index in [0.29, 0.717) is 16.0 Å². The summed E-state index contributed by atoms with van der Waals surface area (Å²) in [5.74, 6) is 0.633. The van der Waals surface area contributed by atoms with Crippen molar-refractivity contribution in [3.05, 3.63) is 89.2 Å². The molecular formula is C24H22ClN5OS. The van der Waals surface area contributed by atoms with Crippen LogP contribution in [0.4, 0.5) is 0 Å². The Hall–Kier alpha value is -3.16. The van der Waals surface area contributed by atoms with Crippen LogP contribution in [-0.4, -0.2) is 44.7 Å². The van der Waals surface area contributed by atoms with Crippen molar-refractivity contribution in [1.82, 2.24) is 24.6 Å². The summed E-state index contributed by atoms with van der Waals surface area (Å²) in [5, 5.41) is 9.75. The number of halogens is 1. The summed E-state index contributed by atoms with van der Waals surface area (Å²) in [4.78, 5) is 18.8. The number of nitrogens with zero attached hydrogens (tertiary/aromatic N) is 5. The Kier molecular flexibility index (Phi) is 6.58.